The van der Waals surface area contributed by atoms with Crippen LogP contribution in [0.25, 0.3) is 91.8 Å². The molecule has 0 aliphatic carbocycles. The lowest BCUT2D eigenvalue weighted by molar-refractivity contribution is 1.18. The minimum Gasteiger partial charge on any atom is -0.309 e. The first-order valence-corrected chi connectivity index (χ1v) is 21.7. The van der Waals surface area contributed by atoms with Crippen LogP contribution in [-0.4, -0.2) is 4.57 Å². The molecule has 3 heteroatoms. The summed E-state index contributed by atoms with van der Waals surface area (Å²) in [6.07, 6.45) is 0. The average Bonchev–Trinajstić information content (AvgIpc) is 3.89. The van der Waals surface area contributed by atoms with Crippen molar-refractivity contribution in [3.8, 4) is 39.1 Å². The summed E-state index contributed by atoms with van der Waals surface area (Å²) in [5.41, 5.74) is 14.2. The molecule has 0 saturated carbocycles. The Hall–Kier alpha value is -7.72. The van der Waals surface area contributed by atoms with E-state index in [0.29, 0.717) is 0 Å². The molecule has 0 fully saturated rings. The third kappa shape index (κ3) is 5.78. The number of anilines is 3. The van der Waals surface area contributed by atoms with Crippen LogP contribution in [0.4, 0.5) is 17.1 Å². The van der Waals surface area contributed by atoms with Crippen molar-refractivity contribution >= 4 is 81.1 Å². The van der Waals surface area contributed by atoms with Gasteiger partial charge < -0.3 is 9.47 Å². The number of rotatable bonds is 7. The molecule has 61 heavy (non-hydrogen) atoms. The van der Waals surface area contributed by atoms with E-state index in [-0.39, 0.29) is 0 Å². The molecule has 0 bridgehead atoms. The maximum Gasteiger partial charge on any atom is 0.0555 e. The zero-order valence-corrected chi connectivity index (χ0v) is 34.1. The average molecular weight is 795 g/mol. The van der Waals surface area contributed by atoms with E-state index >= 15 is 0 Å². The van der Waals surface area contributed by atoms with E-state index in [1.165, 1.54) is 86.1 Å². The van der Waals surface area contributed by atoms with Gasteiger partial charge in [0.05, 0.1) is 22.4 Å². The fraction of sp³-hybridized carbons (Fsp3) is 0. The van der Waals surface area contributed by atoms with E-state index in [2.05, 4.69) is 240 Å². The Morgan fingerprint density at radius 1 is 0.328 bits per heavy atom. The van der Waals surface area contributed by atoms with Crippen LogP contribution in [0.5, 0.6) is 0 Å². The predicted octanol–water partition coefficient (Wildman–Crippen LogP) is 16.8. The van der Waals surface area contributed by atoms with Gasteiger partial charge in [0.15, 0.2) is 0 Å². The fourth-order valence-electron chi connectivity index (χ4n) is 9.58. The van der Waals surface area contributed by atoms with E-state index in [0.717, 1.165) is 22.7 Å². The molecule has 0 aliphatic rings. The first-order valence-electron chi connectivity index (χ1n) is 20.9. The molecule has 0 N–H and O–H groups in total. The van der Waals surface area contributed by atoms with Crippen molar-refractivity contribution in [2.75, 3.05) is 4.90 Å². The monoisotopic (exact) mass is 794 g/mol. The van der Waals surface area contributed by atoms with Gasteiger partial charge in [0, 0.05) is 47.9 Å². The maximum absolute atomic E-state index is 2.49. The maximum atomic E-state index is 2.49. The highest BCUT2D eigenvalue weighted by molar-refractivity contribution is 7.26. The number of hydrogen-bond acceptors (Lipinski definition) is 2. The zero-order chi connectivity index (χ0) is 40.3. The van der Waals surface area contributed by atoms with Gasteiger partial charge in [0.2, 0.25) is 0 Å². The molecule has 0 unspecified atom stereocenters. The Morgan fingerprint density at radius 2 is 0.885 bits per heavy atom. The van der Waals surface area contributed by atoms with Crippen molar-refractivity contribution in [2.24, 2.45) is 0 Å². The summed E-state index contributed by atoms with van der Waals surface area (Å²) >= 11 is 1.86. The highest BCUT2D eigenvalue weighted by atomic mass is 32.1. The molecule has 12 rings (SSSR count). The summed E-state index contributed by atoms with van der Waals surface area (Å²) in [6.45, 7) is 0. The molecular weight excluding hydrogens is 757 g/mol. The molecule has 0 amide bonds. The van der Waals surface area contributed by atoms with Gasteiger partial charge in [-0.1, -0.05) is 170 Å². The SMILES string of the molecule is c1ccc(-c2cccc3cccc(-c4ccccc4N(c4ccc(-c5cccc6c5c5ccccc5n6-c5ccccc5)cc4)c4cccc5sc6ccccc6c45)c23)cc1. The van der Waals surface area contributed by atoms with Gasteiger partial charge in [-0.05, 0) is 99.3 Å². The Bertz CT molecular complexity index is 3580. The molecule has 2 aromatic heterocycles. The van der Waals surface area contributed by atoms with Crippen molar-refractivity contribution in [1.82, 2.24) is 4.57 Å². The van der Waals surface area contributed by atoms with Crippen LogP contribution in [-0.2, 0) is 0 Å². The minimum atomic E-state index is 1.10. The number of hydrogen-bond donors (Lipinski definition) is 0. The Morgan fingerprint density at radius 3 is 1.70 bits per heavy atom. The summed E-state index contributed by atoms with van der Waals surface area (Å²) in [5.74, 6) is 0. The lowest BCUT2D eigenvalue weighted by Gasteiger charge is -2.29. The summed E-state index contributed by atoms with van der Waals surface area (Å²) in [5, 5.41) is 7.52. The van der Waals surface area contributed by atoms with Gasteiger partial charge in [-0.2, -0.15) is 0 Å². The smallest absolute Gasteiger partial charge is 0.0555 e. The quantitative estimate of drug-likeness (QED) is 0.156. The van der Waals surface area contributed by atoms with Crippen LogP contribution in [0.1, 0.15) is 0 Å². The second kappa shape index (κ2) is 14.5. The Kier molecular flexibility index (Phi) is 8.39. The molecule has 2 nitrogen and oxygen atoms in total. The normalized spacial score (nSPS) is 11.6. The zero-order valence-electron chi connectivity index (χ0n) is 33.2. The minimum absolute atomic E-state index is 1.10. The van der Waals surface area contributed by atoms with Crippen LogP contribution in [0, 0.1) is 0 Å². The lowest BCUT2D eigenvalue weighted by Crippen LogP contribution is -2.11. The van der Waals surface area contributed by atoms with Gasteiger partial charge in [-0.25, -0.2) is 0 Å². The van der Waals surface area contributed by atoms with Gasteiger partial charge in [0.25, 0.3) is 0 Å². The van der Waals surface area contributed by atoms with Crippen molar-refractivity contribution in [3.63, 3.8) is 0 Å². The topological polar surface area (TPSA) is 8.17 Å². The fourth-order valence-corrected chi connectivity index (χ4v) is 10.7. The molecule has 0 atom stereocenters. The molecule has 0 spiro atoms. The highest BCUT2D eigenvalue weighted by Crippen LogP contribution is 2.49. The van der Waals surface area contributed by atoms with Gasteiger partial charge in [0.1, 0.15) is 0 Å². The largest absolute Gasteiger partial charge is 0.309 e. The van der Waals surface area contributed by atoms with Gasteiger partial charge in [-0.15, -0.1) is 11.3 Å². The van der Waals surface area contributed by atoms with E-state index in [9.17, 15) is 0 Å². The van der Waals surface area contributed by atoms with Crippen LogP contribution >= 0.6 is 11.3 Å². The summed E-state index contributed by atoms with van der Waals surface area (Å²) in [6, 6.07) is 84.2. The molecule has 0 saturated heterocycles. The summed E-state index contributed by atoms with van der Waals surface area (Å²) in [7, 11) is 0. The van der Waals surface area contributed by atoms with E-state index < -0.39 is 0 Å². The summed E-state index contributed by atoms with van der Waals surface area (Å²) in [4.78, 5) is 2.49. The third-order valence-corrected chi connectivity index (χ3v) is 13.3. The van der Waals surface area contributed by atoms with E-state index in [1.807, 2.05) is 11.3 Å². The van der Waals surface area contributed by atoms with Crippen LogP contribution in [0.3, 0.4) is 0 Å². The first kappa shape index (κ1) is 35.2. The van der Waals surface area contributed by atoms with Crippen molar-refractivity contribution < 1.29 is 0 Å². The third-order valence-electron chi connectivity index (χ3n) is 12.2. The molecule has 12 aromatic rings. The van der Waals surface area contributed by atoms with E-state index in [1.54, 1.807) is 0 Å². The van der Waals surface area contributed by atoms with Crippen molar-refractivity contribution in [2.45, 2.75) is 0 Å². The predicted molar refractivity (Wildman–Crippen MR) is 262 cm³/mol. The standard InChI is InChI=1S/C58H38N2S/c1-3-17-39(18-4-1)44-26-13-19-41-20-14-28-47(56(41)44)46-23-7-10-29-50(46)60(53-32-16-34-55-58(53)49-25-9-12-33-54(49)61-55)43-37-35-40(36-38-43)45-27-15-31-52-57(45)48-24-8-11-30-51(48)59(52)42-21-5-2-6-22-42/h1-38H. The van der Waals surface area contributed by atoms with Crippen LogP contribution in [0.2, 0.25) is 0 Å². The van der Waals surface area contributed by atoms with Crippen LogP contribution < -0.4 is 4.90 Å². The second-order valence-electron chi connectivity index (χ2n) is 15.6. The number of para-hydroxylation sites is 3. The second-order valence-corrected chi connectivity index (χ2v) is 16.7. The Balaban J connectivity index is 1.09. The number of nitrogens with zero attached hydrogens (tertiary/aromatic N) is 2. The van der Waals surface area contributed by atoms with Gasteiger partial charge in [-0.3, -0.25) is 0 Å². The van der Waals surface area contributed by atoms with Crippen molar-refractivity contribution in [3.05, 3.63) is 231 Å². The van der Waals surface area contributed by atoms with Crippen LogP contribution in [0.15, 0.2) is 231 Å². The number of aromatic nitrogens is 1. The number of fused-ring (bicyclic) bond motifs is 7. The molecule has 286 valence electrons. The highest BCUT2D eigenvalue weighted by Gasteiger charge is 2.23. The molecule has 0 aliphatic heterocycles. The Labute approximate surface area is 358 Å². The lowest BCUT2D eigenvalue weighted by atomic mass is 9.90. The number of thiophene rings is 1. The summed E-state index contributed by atoms with van der Waals surface area (Å²) < 4.78 is 4.96. The van der Waals surface area contributed by atoms with Gasteiger partial charge >= 0.3 is 0 Å². The molecule has 0 radical (unpaired) electrons. The van der Waals surface area contributed by atoms with E-state index in [4.69, 9.17) is 0 Å². The molecule has 2 heterocycles. The van der Waals surface area contributed by atoms with Crippen molar-refractivity contribution in [1.29, 1.82) is 0 Å². The molecule has 10 aromatic carbocycles. The molecular formula is C58H38N2S. The number of benzene rings is 10. The first-order chi connectivity index (χ1) is 30.3.